The third-order valence-corrected chi connectivity index (χ3v) is 4.40. The predicted molar refractivity (Wildman–Crippen MR) is 54.5 cm³/mol. The lowest BCUT2D eigenvalue weighted by molar-refractivity contribution is -0.380. The van der Waals surface area contributed by atoms with Crippen LogP contribution in [0.25, 0.3) is 0 Å². The molecule has 5 N–H and O–H groups in total. The van der Waals surface area contributed by atoms with Gasteiger partial charge in [0.2, 0.25) is 0 Å². The van der Waals surface area contributed by atoms with E-state index in [9.17, 15) is 20.4 Å². The molecule has 2 fully saturated rings. The number of hydrogen-bond acceptors (Lipinski definition) is 6. The maximum Gasteiger partial charge on any atom is 0.195 e. The third kappa shape index (κ3) is 0.982. The molecule has 6 nitrogen and oxygen atoms in total. The first-order valence-corrected chi connectivity index (χ1v) is 5.28. The van der Waals surface area contributed by atoms with Gasteiger partial charge in [-0.1, -0.05) is 0 Å². The van der Waals surface area contributed by atoms with Crippen LogP contribution in [0.15, 0.2) is 0 Å². The highest BCUT2D eigenvalue weighted by Crippen LogP contribution is 2.59. The van der Waals surface area contributed by atoms with Crippen LogP contribution in [0.2, 0.25) is 0 Å². The van der Waals surface area contributed by atoms with Crippen molar-refractivity contribution in [3.63, 3.8) is 0 Å². The summed E-state index contributed by atoms with van der Waals surface area (Å²) in [6, 6.07) is -0.511. The van der Waals surface area contributed by atoms with Crippen molar-refractivity contribution in [1.29, 1.82) is 0 Å². The van der Waals surface area contributed by atoms with Crippen molar-refractivity contribution in [3.8, 4) is 0 Å². The molecule has 2 aliphatic rings. The molecule has 0 aromatic rings. The zero-order valence-electron chi connectivity index (χ0n) is 9.85. The molecule has 1 saturated heterocycles. The zero-order valence-corrected chi connectivity index (χ0v) is 9.85. The van der Waals surface area contributed by atoms with Crippen LogP contribution in [0.5, 0.6) is 0 Å². The number of hydrogen-bond donors (Lipinski definition) is 5. The molecule has 1 heterocycles. The van der Waals surface area contributed by atoms with Crippen LogP contribution < -0.4 is 5.32 Å². The van der Waals surface area contributed by atoms with E-state index in [0.29, 0.717) is 0 Å². The predicted octanol–water partition coefficient (Wildman–Crippen LogP) is -2.07. The Labute approximate surface area is 93.9 Å². The minimum atomic E-state index is -1.98. The molecule has 6 atom stereocenters. The average molecular weight is 233 g/mol. The molecule has 4 unspecified atom stereocenters. The van der Waals surface area contributed by atoms with E-state index in [1.807, 2.05) is 0 Å². The van der Waals surface area contributed by atoms with Gasteiger partial charge in [-0.25, -0.2) is 0 Å². The van der Waals surface area contributed by atoms with E-state index >= 15 is 0 Å². The quantitative estimate of drug-likeness (QED) is 0.356. The summed E-state index contributed by atoms with van der Waals surface area (Å²) in [5.74, 6) is -1.92. The molecule has 0 bridgehead atoms. The summed E-state index contributed by atoms with van der Waals surface area (Å²) in [5.41, 5.74) is -5.44. The number of rotatable bonds is 1. The molecule has 1 saturated carbocycles. The Morgan fingerprint density at radius 3 is 1.94 bits per heavy atom. The smallest absolute Gasteiger partial charge is 0.195 e. The summed E-state index contributed by atoms with van der Waals surface area (Å²) >= 11 is 0. The summed E-state index contributed by atoms with van der Waals surface area (Å²) in [5, 5.41) is 43.6. The molecule has 6 heteroatoms. The monoisotopic (exact) mass is 233 g/mol. The molecule has 0 aromatic carbocycles. The van der Waals surface area contributed by atoms with E-state index in [2.05, 4.69) is 5.32 Å². The molecule has 1 aliphatic carbocycles. The number of likely N-dealkylation sites (N-methyl/N-ethyl adjacent to an activating group) is 1. The second-order valence-corrected chi connectivity index (χ2v) is 5.26. The summed E-state index contributed by atoms with van der Waals surface area (Å²) in [7, 11) is 1.61. The SMILES string of the molecule is CNC1C2O[C@@](C)(O)C(C)(O)C(C)(O)[C@@]12O. The molecular formula is C10H19NO5. The van der Waals surface area contributed by atoms with Gasteiger partial charge in [0.05, 0.1) is 6.04 Å². The molecule has 2 rings (SSSR count). The van der Waals surface area contributed by atoms with Crippen LogP contribution in [0.4, 0.5) is 0 Å². The number of ether oxygens (including phenoxy) is 1. The van der Waals surface area contributed by atoms with Gasteiger partial charge in [-0.15, -0.1) is 0 Å². The van der Waals surface area contributed by atoms with Crippen molar-refractivity contribution in [2.24, 2.45) is 0 Å². The first kappa shape index (κ1) is 12.2. The molecular weight excluding hydrogens is 214 g/mol. The van der Waals surface area contributed by atoms with Gasteiger partial charge in [0, 0.05) is 0 Å². The highest BCUT2D eigenvalue weighted by molar-refractivity contribution is 5.35. The average Bonchev–Trinajstić information content (AvgIpc) is 2.70. The van der Waals surface area contributed by atoms with Crippen molar-refractivity contribution in [1.82, 2.24) is 5.32 Å². The van der Waals surface area contributed by atoms with Gasteiger partial charge in [-0.3, -0.25) is 0 Å². The third-order valence-electron chi connectivity index (χ3n) is 4.40. The summed E-state index contributed by atoms with van der Waals surface area (Å²) in [6.45, 7) is 3.81. The van der Waals surface area contributed by atoms with Crippen LogP contribution in [-0.4, -0.2) is 62.2 Å². The summed E-state index contributed by atoms with van der Waals surface area (Å²) in [6.07, 6.45) is -0.734. The second-order valence-electron chi connectivity index (χ2n) is 5.26. The molecule has 16 heavy (non-hydrogen) atoms. The van der Waals surface area contributed by atoms with Gasteiger partial charge < -0.3 is 30.5 Å². The van der Waals surface area contributed by atoms with Gasteiger partial charge in [-0.05, 0) is 27.8 Å². The number of nitrogens with one attached hydrogen (secondary N) is 1. The Balaban J connectivity index is 2.47. The first-order valence-electron chi connectivity index (χ1n) is 5.28. The first-order chi connectivity index (χ1) is 7.04. The zero-order chi connectivity index (χ0) is 12.6. The van der Waals surface area contributed by atoms with Crippen LogP contribution in [0.1, 0.15) is 20.8 Å². The van der Waals surface area contributed by atoms with Crippen LogP contribution >= 0.6 is 0 Å². The normalized spacial score (nSPS) is 65.2. The molecule has 0 radical (unpaired) electrons. The Morgan fingerprint density at radius 2 is 1.50 bits per heavy atom. The fourth-order valence-corrected chi connectivity index (χ4v) is 2.66. The van der Waals surface area contributed by atoms with Crippen molar-refractivity contribution >= 4 is 0 Å². The minimum absolute atomic E-state index is 0.511. The Bertz CT molecular complexity index is 327. The lowest BCUT2D eigenvalue weighted by atomic mass is 9.72. The van der Waals surface area contributed by atoms with E-state index in [0.717, 1.165) is 0 Å². The molecule has 1 aliphatic heterocycles. The lowest BCUT2D eigenvalue weighted by Crippen LogP contribution is -2.74. The summed E-state index contributed by atoms with van der Waals surface area (Å²) < 4.78 is 5.24. The molecule has 94 valence electrons. The molecule has 0 aromatic heterocycles. The standard InChI is InChI=1S/C10H19NO5/c1-7(12)8(2,13)10(15)5(11-4)6(10)16-9(7,3)14/h5-6,11-15H,1-4H3/t5?,6?,7?,8?,9-,10-/m1/s1. The van der Waals surface area contributed by atoms with Gasteiger partial charge in [0.25, 0.3) is 0 Å². The van der Waals surface area contributed by atoms with Crippen LogP contribution in [-0.2, 0) is 4.74 Å². The topological polar surface area (TPSA) is 102 Å². The van der Waals surface area contributed by atoms with Gasteiger partial charge >= 0.3 is 0 Å². The van der Waals surface area contributed by atoms with Crippen molar-refractivity contribution < 1.29 is 25.2 Å². The maximum atomic E-state index is 10.3. The van der Waals surface area contributed by atoms with Gasteiger partial charge in [-0.2, -0.15) is 0 Å². The highest BCUT2D eigenvalue weighted by Gasteiger charge is 2.84. The van der Waals surface area contributed by atoms with Gasteiger partial charge in [0.1, 0.15) is 22.9 Å². The van der Waals surface area contributed by atoms with Crippen molar-refractivity contribution in [3.05, 3.63) is 0 Å². The van der Waals surface area contributed by atoms with E-state index in [1.54, 1.807) is 7.05 Å². The number of aliphatic hydroxyl groups is 4. The van der Waals surface area contributed by atoms with Crippen LogP contribution in [0.3, 0.4) is 0 Å². The van der Waals surface area contributed by atoms with Gasteiger partial charge in [0.15, 0.2) is 5.79 Å². The van der Waals surface area contributed by atoms with E-state index in [4.69, 9.17) is 4.74 Å². The Morgan fingerprint density at radius 1 is 1.00 bits per heavy atom. The lowest BCUT2D eigenvalue weighted by Gasteiger charge is -2.52. The highest BCUT2D eigenvalue weighted by atomic mass is 16.7. The number of fused-ring (bicyclic) bond motifs is 1. The second kappa shape index (κ2) is 2.77. The fourth-order valence-electron chi connectivity index (χ4n) is 2.66. The van der Waals surface area contributed by atoms with E-state index < -0.39 is 34.7 Å². The largest absolute Gasteiger partial charge is 0.384 e. The molecule has 0 amide bonds. The van der Waals surface area contributed by atoms with E-state index in [1.165, 1.54) is 20.8 Å². The van der Waals surface area contributed by atoms with Crippen molar-refractivity contribution in [2.45, 2.75) is 55.5 Å². The Hall–Kier alpha value is -0.240. The maximum absolute atomic E-state index is 10.3. The Kier molecular flexibility index (Phi) is 2.12. The van der Waals surface area contributed by atoms with Crippen LogP contribution in [0, 0.1) is 0 Å². The minimum Gasteiger partial charge on any atom is -0.384 e. The van der Waals surface area contributed by atoms with E-state index in [-0.39, 0.29) is 0 Å². The summed E-state index contributed by atoms with van der Waals surface area (Å²) in [4.78, 5) is 0. The van der Waals surface area contributed by atoms with Crippen molar-refractivity contribution in [2.75, 3.05) is 7.05 Å². The fraction of sp³-hybridized carbons (Fsp3) is 1.00. The molecule has 0 spiro atoms.